The van der Waals surface area contributed by atoms with Crippen molar-refractivity contribution in [3.63, 3.8) is 0 Å². The minimum atomic E-state index is -0.799. The van der Waals surface area contributed by atoms with Crippen LogP contribution in [0.3, 0.4) is 0 Å². The predicted molar refractivity (Wildman–Crippen MR) is 64.0 cm³/mol. The van der Waals surface area contributed by atoms with Crippen molar-refractivity contribution in [3.8, 4) is 0 Å². The van der Waals surface area contributed by atoms with Gasteiger partial charge < -0.3 is 11.1 Å². The van der Waals surface area contributed by atoms with Gasteiger partial charge in [0.2, 0.25) is 5.91 Å². The third-order valence-electron chi connectivity index (χ3n) is 2.36. The summed E-state index contributed by atoms with van der Waals surface area (Å²) >= 11 is 0. The van der Waals surface area contributed by atoms with E-state index in [1.807, 2.05) is 13.8 Å². The maximum absolute atomic E-state index is 11.4. The van der Waals surface area contributed by atoms with Crippen LogP contribution in [0.4, 0.5) is 0 Å². The van der Waals surface area contributed by atoms with Gasteiger partial charge in [-0.2, -0.15) is 0 Å². The number of amides is 1. The van der Waals surface area contributed by atoms with Gasteiger partial charge in [0.15, 0.2) is 0 Å². The molecule has 0 aliphatic heterocycles. The van der Waals surface area contributed by atoms with Crippen molar-refractivity contribution < 1.29 is 9.00 Å². The molecule has 0 aromatic carbocycles. The first-order valence-electron chi connectivity index (χ1n) is 5.45. The summed E-state index contributed by atoms with van der Waals surface area (Å²) in [5.74, 6) is 1.47. The summed E-state index contributed by atoms with van der Waals surface area (Å²) in [6.45, 7) is 4.95. The highest BCUT2D eigenvalue weighted by Crippen LogP contribution is 2.04. The molecule has 0 fully saturated rings. The zero-order valence-corrected chi connectivity index (χ0v) is 10.4. The summed E-state index contributed by atoms with van der Waals surface area (Å²) in [5.41, 5.74) is 5.50. The zero-order valence-electron chi connectivity index (χ0n) is 9.62. The van der Waals surface area contributed by atoms with E-state index in [0.29, 0.717) is 31.0 Å². The van der Waals surface area contributed by atoms with E-state index < -0.39 is 10.8 Å². The maximum Gasteiger partial charge on any atom is 0.220 e. The average molecular weight is 234 g/mol. The minimum Gasteiger partial charge on any atom is -0.355 e. The van der Waals surface area contributed by atoms with Gasteiger partial charge in [-0.3, -0.25) is 9.00 Å². The van der Waals surface area contributed by atoms with Gasteiger partial charge in [0.05, 0.1) is 0 Å². The molecule has 2 unspecified atom stereocenters. The predicted octanol–water partition coefficient (Wildman–Crippen LogP) is 0.246. The third-order valence-corrected chi connectivity index (χ3v) is 3.66. The molecule has 1 amide bonds. The van der Waals surface area contributed by atoms with Crippen molar-refractivity contribution in [2.24, 2.45) is 11.7 Å². The highest BCUT2D eigenvalue weighted by molar-refractivity contribution is 7.84. The molecule has 0 aromatic heterocycles. The molecule has 0 rings (SSSR count). The Morgan fingerprint density at radius 2 is 2.13 bits per heavy atom. The normalized spacial score (nSPS) is 14.6. The molecule has 0 aliphatic carbocycles. The highest BCUT2D eigenvalue weighted by atomic mass is 32.2. The molecule has 0 saturated carbocycles. The molecule has 5 heteroatoms. The number of rotatable bonds is 8. The van der Waals surface area contributed by atoms with Crippen LogP contribution < -0.4 is 11.1 Å². The number of carbonyl (C=O) groups is 1. The molecule has 0 aliphatic rings. The van der Waals surface area contributed by atoms with Gasteiger partial charge in [-0.15, -0.1) is 0 Å². The van der Waals surface area contributed by atoms with Crippen molar-refractivity contribution in [1.82, 2.24) is 5.32 Å². The molecule has 0 bridgehead atoms. The smallest absolute Gasteiger partial charge is 0.220 e. The topological polar surface area (TPSA) is 72.2 Å². The van der Waals surface area contributed by atoms with Crippen molar-refractivity contribution in [1.29, 1.82) is 0 Å². The van der Waals surface area contributed by atoms with Crippen LogP contribution in [0.15, 0.2) is 0 Å². The van der Waals surface area contributed by atoms with Gasteiger partial charge in [0.1, 0.15) is 0 Å². The van der Waals surface area contributed by atoms with Crippen molar-refractivity contribution in [3.05, 3.63) is 0 Å². The standard InChI is InChI=1S/C10H22N2O2S/c1-3-9(8-11)7-10(13)12-5-6-15(14)4-2/h9H,3-8,11H2,1-2H3,(H,12,13). The fraction of sp³-hybridized carbons (Fsp3) is 0.900. The Bertz CT molecular complexity index is 206. The number of nitrogens with two attached hydrogens (primary N) is 1. The number of carbonyl (C=O) groups excluding carboxylic acids is 1. The maximum atomic E-state index is 11.4. The third kappa shape index (κ3) is 7.50. The Kier molecular flexibility index (Phi) is 8.61. The molecule has 15 heavy (non-hydrogen) atoms. The fourth-order valence-electron chi connectivity index (χ4n) is 1.18. The van der Waals surface area contributed by atoms with E-state index >= 15 is 0 Å². The lowest BCUT2D eigenvalue weighted by Gasteiger charge is -2.11. The number of hydrogen-bond donors (Lipinski definition) is 2. The van der Waals surface area contributed by atoms with Crippen LogP contribution in [0.5, 0.6) is 0 Å². The van der Waals surface area contributed by atoms with E-state index in [-0.39, 0.29) is 11.8 Å². The van der Waals surface area contributed by atoms with Gasteiger partial charge in [-0.25, -0.2) is 0 Å². The summed E-state index contributed by atoms with van der Waals surface area (Å²) in [6, 6.07) is 0. The Morgan fingerprint density at radius 1 is 1.47 bits per heavy atom. The summed E-state index contributed by atoms with van der Waals surface area (Å²) in [4.78, 5) is 11.4. The number of nitrogens with one attached hydrogen (secondary N) is 1. The zero-order chi connectivity index (χ0) is 11.7. The van der Waals surface area contributed by atoms with Crippen LogP contribution in [0.2, 0.25) is 0 Å². The van der Waals surface area contributed by atoms with Gasteiger partial charge >= 0.3 is 0 Å². The summed E-state index contributed by atoms with van der Waals surface area (Å²) in [6.07, 6.45) is 1.40. The molecular weight excluding hydrogens is 212 g/mol. The second kappa shape index (κ2) is 8.85. The minimum absolute atomic E-state index is 0.0143. The van der Waals surface area contributed by atoms with Gasteiger partial charge in [0, 0.05) is 35.3 Å². The molecule has 2 atom stereocenters. The van der Waals surface area contributed by atoms with Crippen LogP contribution in [0.25, 0.3) is 0 Å². The number of hydrogen-bond acceptors (Lipinski definition) is 3. The second-order valence-electron chi connectivity index (χ2n) is 3.50. The molecule has 4 nitrogen and oxygen atoms in total. The molecular formula is C10H22N2O2S. The second-order valence-corrected chi connectivity index (χ2v) is 5.36. The van der Waals surface area contributed by atoms with Crippen molar-refractivity contribution >= 4 is 16.7 Å². The Balaban J connectivity index is 3.61. The molecule has 0 heterocycles. The Labute approximate surface area is 94.4 Å². The van der Waals surface area contributed by atoms with Crippen LogP contribution in [-0.2, 0) is 15.6 Å². The molecule has 90 valence electrons. The lowest BCUT2D eigenvalue weighted by atomic mass is 10.0. The van der Waals surface area contributed by atoms with Gasteiger partial charge in [0.25, 0.3) is 0 Å². The van der Waals surface area contributed by atoms with Crippen LogP contribution in [0.1, 0.15) is 26.7 Å². The Hall–Kier alpha value is -0.420. The van der Waals surface area contributed by atoms with Gasteiger partial charge in [-0.05, 0) is 12.5 Å². The Morgan fingerprint density at radius 3 is 2.60 bits per heavy atom. The first-order chi connectivity index (χ1) is 7.13. The first-order valence-corrected chi connectivity index (χ1v) is 6.94. The molecule has 0 saturated heterocycles. The van der Waals surface area contributed by atoms with E-state index in [1.54, 1.807) is 0 Å². The highest BCUT2D eigenvalue weighted by Gasteiger charge is 2.09. The van der Waals surface area contributed by atoms with Crippen molar-refractivity contribution in [2.45, 2.75) is 26.7 Å². The van der Waals surface area contributed by atoms with E-state index in [9.17, 15) is 9.00 Å². The lowest BCUT2D eigenvalue weighted by molar-refractivity contribution is -0.121. The monoisotopic (exact) mass is 234 g/mol. The van der Waals surface area contributed by atoms with Gasteiger partial charge in [-0.1, -0.05) is 20.3 Å². The van der Waals surface area contributed by atoms with Crippen LogP contribution in [0, 0.1) is 5.92 Å². The molecule has 3 N–H and O–H groups in total. The average Bonchev–Trinajstić information content (AvgIpc) is 2.25. The van der Waals surface area contributed by atoms with Crippen LogP contribution in [-0.4, -0.2) is 34.7 Å². The largest absolute Gasteiger partial charge is 0.355 e. The summed E-state index contributed by atoms with van der Waals surface area (Å²) in [7, 11) is -0.799. The molecule has 0 radical (unpaired) electrons. The molecule has 0 aromatic rings. The van der Waals surface area contributed by atoms with E-state index in [1.165, 1.54) is 0 Å². The van der Waals surface area contributed by atoms with Crippen molar-refractivity contribution in [2.75, 3.05) is 24.6 Å². The fourth-order valence-corrected chi connectivity index (χ4v) is 1.80. The quantitative estimate of drug-likeness (QED) is 0.632. The van der Waals surface area contributed by atoms with E-state index in [2.05, 4.69) is 5.32 Å². The SMILES string of the molecule is CCC(CN)CC(=O)NCCS(=O)CC. The lowest BCUT2D eigenvalue weighted by Crippen LogP contribution is -2.31. The first kappa shape index (κ1) is 14.6. The molecule has 0 spiro atoms. The summed E-state index contributed by atoms with van der Waals surface area (Å²) in [5, 5.41) is 2.76. The van der Waals surface area contributed by atoms with E-state index in [4.69, 9.17) is 5.73 Å². The van der Waals surface area contributed by atoms with Crippen LogP contribution >= 0.6 is 0 Å². The van der Waals surface area contributed by atoms with E-state index in [0.717, 1.165) is 6.42 Å². The summed E-state index contributed by atoms with van der Waals surface area (Å²) < 4.78 is 11.1.